The summed E-state index contributed by atoms with van der Waals surface area (Å²) in [5.41, 5.74) is 0.864. The van der Waals surface area contributed by atoms with Crippen molar-refractivity contribution in [3.05, 3.63) is 23.8 Å². The zero-order valence-corrected chi connectivity index (χ0v) is 14.0. The Labute approximate surface area is 135 Å². The Balaban J connectivity index is 2.15. The van der Waals surface area contributed by atoms with E-state index in [0.29, 0.717) is 23.6 Å². The molecular weight excluding hydrogens is 320 g/mol. The number of nitrogens with one attached hydrogen (secondary N) is 1. The number of carbonyl (C=O) groups excluding carboxylic acids is 2. The summed E-state index contributed by atoms with van der Waals surface area (Å²) < 4.78 is 28.3. The first-order valence-electron chi connectivity index (χ1n) is 7.36. The summed E-state index contributed by atoms with van der Waals surface area (Å²) in [6.45, 7) is 4.00. The summed E-state index contributed by atoms with van der Waals surface area (Å²) in [5.74, 6) is 0.279. The van der Waals surface area contributed by atoms with E-state index in [1.165, 1.54) is 11.8 Å². The maximum absolute atomic E-state index is 12.3. The highest BCUT2D eigenvalue weighted by molar-refractivity contribution is 7.91. The third kappa shape index (κ3) is 4.44. The smallest absolute Gasteiger partial charge is 0.322 e. The molecular formula is C15H20N2O5S. The molecule has 0 spiro atoms. The van der Waals surface area contributed by atoms with Gasteiger partial charge in [-0.3, -0.25) is 4.79 Å². The average molecular weight is 340 g/mol. The maximum Gasteiger partial charge on any atom is 0.322 e. The van der Waals surface area contributed by atoms with Gasteiger partial charge in [-0.05, 0) is 32.0 Å². The van der Waals surface area contributed by atoms with Crippen molar-refractivity contribution in [2.75, 3.05) is 36.5 Å². The molecule has 1 heterocycles. The number of anilines is 1. The molecule has 1 aromatic rings. The molecule has 1 saturated heterocycles. The van der Waals surface area contributed by atoms with Crippen LogP contribution in [0.15, 0.2) is 18.2 Å². The number of urea groups is 1. The van der Waals surface area contributed by atoms with E-state index < -0.39 is 15.9 Å². The quantitative estimate of drug-likeness (QED) is 0.840. The Hall–Kier alpha value is -2.09. The second-order valence-electron chi connectivity index (χ2n) is 5.27. The van der Waals surface area contributed by atoms with Gasteiger partial charge in [0.1, 0.15) is 5.75 Å². The third-order valence-corrected chi connectivity index (χ3v) is 5.17. The van der Waals surface area contributed by atoms with E-state index in [-0.39, 0.29) is 30.4 Å². The largest absolute Gasteiger partial charge is 0.492 e. The van der Waals surface area contributed by atoms with Crippen LogP contribution in [0.2, 0.25) is 0 Å². The lowest BCUT2D eigenvalue weighted by Gasteiger charge is -2.27. The molecule has 0 aliphatic carbocycles. The van der Waals surface area contributed by atoms with Crippen molar-refractivity contribution >= 4 is 27.3 Å². The molecule has 8 heteroatoms. The molecule has 0 atom stereocenters. The first-order chi connectivity index (χ1) is 10.8. The van der Waals surface area contributed by atoms with Crippen LogP contribution in [0.4, 0.5) is 10.5 Å². The van der Waals surface area contributed by atoms with Gasteiger partial charge in [-0.15, -0.1) is 0 Å². The van der Waals surface area contributed by atoms with Crippen molar-refractivity contribution in [2.45, 2.75) is 13.8 Å². The first-order valence-corrected chi connectivity index (χ1v) is 9.18. The monoisotopic (exact) mass is 340 g/mol. The third-order valence-electron chi connectivity index (χ3n) is 3.56. The van der Waals surface area contributed by atoms with Gasteiger partial charge in [0.15, 0.2) is 15.6 Å². The van der Waals surface area contributed by atoms with Crippen LogP contribution >= 0.6 is 0 Å². The maximum atomic E-state index is 12.3. The van der Waals surface area contributed by atoms with Crippen molar-refractivity contribution in [3.8, 4) is 5.75 Å². The molecule has 0 unspecified atom stereocenters. The lowest BCUT2D eigenvalue weighted by Crippen LogP contribution is -2.45. The molecule has 1 aliphatic heterocycles. The number of hydrogen-bond donors (Lipinski definition) is 1. The molecule has 2 rings (SSSR count). The van der Waals surface area contributed by atoms with Gasteiger partial charge in [-0.2, -0.15) is 0 Å². The molecule has 0 bridgehead atoms. The second kappa shape index (κ2) is 6.99. The van der Waals surface area contributed by atoms with Crippen LogP contribution < -0.4 is 10.1 Å². The summed E-state index contributed by atoms with van der Waals surface area (Å²) in [6.07, 6.45) is 0. The van der Waals surface area contributed by atoms with Gasteiger partial charge >= 0.3 is 6.03 Å². The number of Topliss-reactive ketones (excluding diaryl/α,β-unsaturated/α-hetero) is 1. The fourth-order valence-corrected chi connectivity index (χ4v) is 3.44. The predicted molar refractivity (Wildman–Crippen MR) is 86.9 cm³/mol. The Morgan fingerprint density at radius 1 is 1.26 bits per heavy atom. The van der Waals surface area contributed by atoms with Crippen molar-refractivity contribution < 1.29 is 22.7 Å². The molecule has 23 heavy (non-hydrogen) atoms. The number of amides is 2. The molecule has 0 saturated carbocycles. The van der Waals surface area contributed by atoms with Gasteiger partial charge in [0.05, 0.1) is 23.8 Å². The summed E-state index contributed by atoms with van der Waals surface area (Å²) in [4.78, 5) is 25.2. The van der Waals surface area contributed by atoms with Crippen LogP contribution in [0.1, 0.15) is 24.2 Å². The van der Waals surface area contributed by atoms with E-state index in [4.69, 9.17) is 4.74 Å². The highest BCUT2D eigenvalue weighted by atomic mass is 32.2. The van der Waals surface area contributed by atoms with Gasteiger partial charge in [0.25, 0.3) is 0 Å². The average Bonchev–Trinajstić information content (AvgIpc) is 2.48. The Morgan fingerprint density at radius 2 is 1.91 bits per heavy atom. The summed E-state index contributed by atoms with van der Waals surface area (Å²) in [7, 11) is -3.05. The minimum atomic E-state index is -3.05. The number of ketones is 1. The molecule has 0 radical (unpaired) electrons. The number of sulfone groups is 1. The van der Waals surface area contributed by atoms with Crippen molar-refractivity contribution in [2.24, 2.45) is 0 Å². The Bertz CT molecular complexity index is 701. The van der Waals surface area contributed by atoms with Crippen molar-refractivity contribution in [1.82, 2.24) is 4.90 Å². The fraction of sp³-hybridized carbons (Fsp3) is 0.467. The van der Waals surface area contributed by atoms with E-state index in [1.807, 2.05) is 6.92 Å². The van der Waals surface area contributed by atoms with Crippen LogP contribution in [-0.2, 0) is 9.84 Å². The number of carbonyl (C=O) groups is 2. The molecule has 7 nitrogen and oxygen atoms in total. The normalized spacial score (nSPS) is 16.7. The van der Waals surface area contributed by atoms with Crippen molar-refractivity contribution in [1.29, 1.82) is 0 Å². The number of rotatable bonds is 4. The SMILES string of the molecule is CCOc1ccc(C(C)=O)cc1NC(=O)N1CCS(=O)(=O)CC1. The standard InChI is InChI=1S/C15H20N2O5S/c1-3-22-14-5-4-12(11(2)18)10-13(14)16-15(19)17-6-8-23(20,21)9-7-17/h4-5,10H,3,6-9H2,1-2H3,(H,16,19). The number of ether oxygens (including phenoxy) is 1. The predicted octanol–water partition coefficient (Wildman–Crippen LogP) is 1.55. The molecule has 1 N–H and O–H groups in total. The van der Waals surface area contributed by atoms with E-state index in [9.17, 15) is 18.0 Å². The van der Waals surface area contributed by atoms with Gasteiger partial charge in [0.2, 0.25) is 0 Å². The molecule has 126 valence electrons. The summed E-state index contributed by atoms with van der Waals surface area (Å²) in [5, 5.41) is 2.70. The van der Waals surface area contributed by atoms with Crippen LogP contribution in [0.3, 0.4) is 0 Å². The Kier molecular flexibility index (Phi) is 5.25. The van der Waals surface area contributed by atoms with Gasteiger partial charge in [-0.25, -0.2) is 13.2 Å². The molecule has 1 aliphatic rings. The molecule has 0 aromatic heterocycles. The van der Waals surface area contributed by atoms with Gasteiger partial charge in [-0.1, -0.05) is 0 Å². The lowest BCUT2D eigenvalue weighted by molar-refractivity contribution is 0.101. The van der Waals surface area contributed by atoms with Crippen LogP contribution in [0.5, 0.6) is 5.75 Å². The van der Waals surface area contributed by atoms with E-state index in [0.717, 1.165) is 0 Å². The Morgan fingerprint density at radius 3 is 2.48 bits per heavy atom. The minimum Gasteiger partial charge on any atom is -0.492 e. The number of nitrogens with zero attached hydrogens (tertiary/aromatic N) is 1. The van der Waals surface area contributed by atoms with E-state index in [1.54, 1.807) is 18.2 Å². The van der Waals surface area contributed by atoms with E-state index >= 15 is 0 Å². The molecule has 1 aromatic carbocycles. The van der Waals surface area contributed by atoms with Crippen LogP contribution in [-0.4, -0.2) is 56.3 Å². The zero-order valence-electron chi connectivity index (χ0n) is 13.2. The summed E-state index contributed by atoms with van der Waals surface area (Å²) in [6, 6.07) is 4.43. The van der Waals surface area contributed by atoms with Gasteiger partial charge < -0.3 is 15.0 Å². The van der Waals surface area contributed by atoms with E-state index in [2.05, 4.69) is 5.32 Å². The first kappa shape index (κ1) is 17.3. The second-order valence-corrected chi connectivity index (χ2v) is 7.57. The lowest BCUT2D eigenvalue weighted by atomic mass is 10.1. The highest BCUT2D eigenvalue weighted by Gasteiger charge is 2.25. The van der Waals surface area contributed by atoms with Crippen LogP contribution in [0, 0.1) is 0 Å². The van der Waals surface area contributed by atoms with Crippen molar-refractivity contribution in [3.63, 3.8) is 0 Å². The summed E-state index contributed by atoms with van der Waals surface area (Å²) >= 11 is 0. The number of hydrogen-bond acceptors (Lipinski definition) is 5. The van der Waals surface area contributed by atoms with Gasteiger partial charge in [0, 0.05) is 18.7 Å². The number of benzene rings is 1. The highest BCUT2D eigenvalue weighted by Crippen LogP contribution is 2.26. The van der Waals surface area contributed by atoms with Crippen LogP contribution in [0.25, 0.3) is 0 Å². The molecule has 2 amide bonds. The minimum absolute atomic E-state index is 0.0355. The fourth-order valence-electron chi connectivity index (χ4n) is 2.24. The molecule has 1 fully saturated rings. The topological polar surface area (TPSA) is 92.8 Å². The zero-order chi connectivity index (χ0) is 17.0.